The highest BCUT2D eigenvalue weighted by Crippen LogP contribution is 1.81. The van der Waals surface area contributed by atoms with E-state index in [-0.39, 0.29) is 0 Å². The Morgan fingerprint density at radius 2 is 2.50 bits per heavy atom. The molecule has 3 nitrogen and oxygen atoms in total. The summed E-state index contributed by atoms with van der Waals surface area (Å²) >= 11 is 0. The van der Waals surface area contributed by atoms with E-state index in [0.717, 1.165) is 6.54 Å². The molecule has 0 spiro atoms. The molecule has 1 N–H and O–H groups in total. The van der Waals surface area contributed by atoms with E-state index in [4.69, 9.17) is 9.47 Å². The van der Waals surface area contributed by atoms with Crippen molar-refractivity contribution in [1.29, 1.82) is 0 Å². The van der Waals surface area contributed by atoms with Gasteiger partial charge in [0.25, 0.3) is 0 Å². The van der Waals surface area contributed by atoms with Crippen molar-refractivity contribution in [3.05, 3.63) is 12.5 Å². The number of nitrogens with one attached hydrogen (secondary N) is 1. The molecule has 8 heavy (non-hydrogen) atoms. The van der Waals surface area contributed by atoms with E-state index in [1.54, 1.807) is 12.5 Å². The lowest BCUT2D eigenvalue weighted by Crippen LogP contribution is -2.16. The molecule has 0 radical (unpaired) electrons. The van der Waals surface area contributed by atoms with Gasteiger partial charge in [0, 0.05) is 12.7 Å². The van der Waals surface area contributed by atoms with Gasteiger partial charge in [-0.2, -0.15) is 0 Å². The summed E-state index contributed by atoms with van der Waals surface area (Å²) in [5.74, 6) is 0. The molecule has 0 bridgehead atoms. The molecule has 1 heterocycles. The Balaban J connectivity index is 2.17. The van der Waals surface area contributed by atoms with Gasteiger partial charge in [-0.3, -0.25) is 0 Å². The van der Waals surface area contributed by atoms with Crippen molar-refractivity contribution in [2.45, 2.75) is 0 Å². The van der Waals surface area contributed by atoms with Crippen LogP contribution in [0.4, 0.5) is 0 Å². The van der Waals surface area contributed by atoms with E-state index in [0.29, 0.717) is 13.4 Å². The Labute approximate surface area is 48.3 Å². The summed E-state index contributed by atoms with van der Waals surface area (Å²) in [7, 11) is 0. The maximum absolute atomic E-state index is 4.94. The molecule has 0 saturated carbocycles. The van der Waals surface area contributed by atoms with Gasteiger partial charge in [-0.1, -0.05) is 0 Å². The Bertz CT molecular complexity index is 72.5. The molecule has 0 fully saturated rings. The van der Waals surface area contributed by atoms with E-state index in [9.17, 15) is 0 Å². The fourth-order valence-electron chi connectivity index (χ4n) is 0.457. The van der Waals surface area contributed by atoms with Crippen molar-refractivity contribution >= 4 is 0 Å². The van der Waals surface area contributed by atoms with E-state index in [1.807, 2.05) is 0 Å². The molecule has 0 aromatic rings. The average Bonchev–Trinajstić information content (AvgIpc) is 1.62. The summed E-state index contributed by atoms with van der Waals surface area (Å²) in [6, 6.07) is 0. The first kappa shape index (κ1) is 5.44. The summed E-state index contributed by atoms with van der Waals surface area (Å²) < 4.78 is 9.75. The number of rotatable bonds is 0. The molecule has 0 aliphatic carbocycles. The molecule has 1 aliphatic rings. The SMILES string of the molecule is C1=C\OCOCCN/1. The Morgan fingerprint density at radius 1 is 1.50 bits per heavy atom. The second kappa shape index (κ2) is 3.32. The molecule has 0 amide bonds. The number of hydrogen-bond donors (Lipinski definition) is 1. The van der Waals surface area contributed by atoms with E-state index < -0.39 is 0 Å². The monoisotopic (exact) mass is 115 g/mol. The van der Waals surface area contributed by atoms with Crippen LogP contribution in [0.2, 0.25) is 0 Å². The van der Waals surface area contributed by atoms with Gasteiger partial charge in [0.2, 0.25) is 0 Å². The zero-order valence-electron chi connectivity index (χ0n) is 4.59. The van der Waals surface area contributed by atoms with Crippen LogP contribution in [-0.2, 0) is 9.47 Å². The summed E-state index contributed by atoms with van der Waals surface area (Å²) in [5, 5.41) is 2.96. The zero-order chi connectivity index (χ0) is 5.66. The Morgan fingerprint density at radius 3 is 3.50 bits per heavy atom. The maximum Gasteiger partial charge on any atom is 0.188 e. The normalized spacial score (nSPS) is 24.0. The summed E-state index contributed by atoms with van der Waals surface area (Å²) in [6.07, 6.45) is 3.35. The molecule has 1 aliphatic heterocycles. The van der Waals surface area contributed by atoms with Crippen molar-refractivity contribution < 1.29 is 9.47 Å². The van der Waals surface area contributed by atoms with Gasteiger partial charge in [0.15, 0.2) is 6.79 Å². The van der Waals surface area contributed by atoms with Crippen molar-refractivity contribution in [3.8, 4) is 0 Å². The lowest BCUT2D eigenvalue weighted by Gasteiger charge is -2.06. The zero-order valence-corrected chi connectivity index (χ0v) is 4.59. The average molecular weight is 115 g/mol. The van der Waals surface area contributed by atoms with Crippen LogP contribution in [-0.4, -0.2) is 19.9 Å². The van der Waals surface area contributed by atoms with Crippen LogP contribution in [0, 0.1) is 0 Å². The van der Waals surface area contributed by atoms with E-state index in [1.165, 1.54) is 0 Å². The molecule has 0 saturated heterocycles. The van der Waals surface area contributed by atoms with Crippen LogP contribution in [0.5, 0.6) is 0 Å². The second-order valence-electron chi connectivity index (χ2n) is 1.45. The first-order valence-electron chi connectivity index (χ1n) is 2.58. The highest BCUT2D eigenvalue weighted by atomic mass is 16.7. The lowest BCUT2D eigenvalue weighted by molar-refractivity contribution is -0.0133. The van der Waals surface area contributed by atoms with Gasteiger partial charge < -0.3 is 14.8 Å². The fourth-order valence-corrected chi connectivity index (χ4v) is 0.457. The van der Waals surface area contributed by atoms with Crippen molar-refractivity contribution in [2.24, 2.45) is 0 Å². The van der Waals surface area contributed by atoms with Crippen molar-refractivity contribution in [3.63, 3.8) is 0 Å². The first-order chi connectivity index (χ1) is 4.00. The highest BCUT2D eigenvalue weighted by Gasteiger charge is 1.86. The topological polar surface area (TPSA) is 30.5 Å². The van der Waals surface area contributed by atoms with Gasteiger partial charge in [-0.15, -0.1) is 0 Å². The molecule has 0 aromatic heterocycles. The number of ether oxygens (including phenoxy) is 2. The minimum absolute atomic E-state index is 0.373. The predicted octanol–water partition coefficient (Wildman–Crippen LogP) is 0.0515. The van der Waals surface area contributed by atoms with Crippen molar-refractivity contribution in [2.75, 3.05) is 19.9 Å². The van der Waals surface area contributed by atoms with Crippen LogP contribution in [0.1, 0.15) is 0 Å². The molecule has 1 rings (SSSR count). The van der Waals surface area contributed by atoms with E-state index >= 15 is 0 Å². The third-order valence-corrected chi connectivity index (χ3v) is 0.824. The van der Waals surface area contributed by atoms with Crippen LogP contribution in [0.15, 0.2) is 12.5 Å². The van der Waals surface area contributed by atoms with Gasteiger partial charge in [-0.05, 0) is 0 Å². The van der Waals surface area contributed by atoms with Crippen molar-refractivity contribution in [1.82, 2.24) is 5.32 Å². The fraction of sp³-hybridized carbons (Fsp3) is 0.600. The smallest absolute Gasteiger partial charge is 0.188 e. The van der Waals surface area contributed by atoms with Gasteiger partial charge >= 0.3 is 0 Å². The largest absolute Gasteiger partial charge is 0.474 e. The quantitative estimate of drug-likeness (QED) is 0.484. The molecule has 46 valence electrons. The van der Waals surface area contributed by atoms with Gasteiger partial charge in [0.1, 0.15) is 6.26 Å². The van der Waals surface area contributed by atoms with Crippen LogP contribution < -0.4 is 5.32 Å². The first-order valence-corrected chi connectivity index (χ1v) is 2.58. The predicted molar refractivity (Wildman–Crippen MR) is 29.0 cm³/mol. The molecule has 0 atom stereocenters. The summed E-state index contributed by atoms with van der Waals surface area (Å²) in [5.41, 5.74) is 0. The molecular formula is C5H9NO2. The van der Waals surface area contributed by atoms with Crippen LogP contribution in [0.3, 0.4) is 0 Å². The Hall–Kier alpha value is -0.700. The lowest BCUT2D eigenvalue weighted by atomic mass is 10.7. The maximum atomic E-state index is 4.94. The van der Waals surface area contributed by atoms with Crippen LogP contribution in [0.25, 0.3) is 0 Å². The molecule has 0 unspecified atom stereocenters. The standard InChI is InChI=1S/C5H9NO2/c1-3-7-5-8-4-2-6-1/h1,3,6H,2,4-5H2/b3-1-. The molecular weight excluding hydrogens is 106 g/mol. The number of hydrogen-bond acceptors (Lipinski definition) is 3. The summed E-state index contributed by atoms with van der Waals surface area (Å²) in [4.78, 5) is 0. The van der Waals surface area contributed by atoms with Gasteiger partial charge in [0.05, 0.1) is 6.61 Å². The minimum atomic E-state index is 0.373. The van der Waals surface area contributed by atoms with Crippen LogP contribution >= 0.6 is 0 Å². The second-order valence-corrected chi connectivity index (χ2v) is 1.45. The molecule has 3 heteroatoms. The Kier molecular flexibility index (Phi) is 2.26. The minimum Gasteiger partial charge on any atom is -0.474 e. The highest BCUT2D eigenvalue weighted by molar-refractivity contribution is 4.70. The van der Waals surface area contributed by atoms with E-state index in [2.05, 4.69) is 5.32 Å². The summed E-state index contributed by atoms with van der Waals surface area (Å²) in [6.45, 7) is 1.95. The van der Waals surface area contributed by atoms with Gasteiger partial charge in [-0.25, -0.2) is 0 Å². The third kappa shape index (κ3) is 1.84. The third-order valence-electron chi connectivity index (χ3n) is 0.824. The molecule has 0 aromatic carbocycles.